The average molecular weight is 416 g/mol. The molecule has 28 heavy (non-hydrogen) atoms. The van der Waals surface area contributed by atoms with Gasteiger partial charge < -0.3 is 14.2 Å². The zero-order valence-electron chi connectivity index (χ0n) is 15.7. The second-order valence-corrected chi connectivity index (χ2v) is 7.69. The highest BCUT2D eigenvalue weighted by atomic mass is 32.2. The highest BCUT2D eigenvalue weighted by Gasteiger charge is 2.28. The van der Waals surface area contributed by atoms with Gasteiger partial charge in [-0.25, -0.2) is 0 Å². The zero-order valence-corrected chi connectivity index (χ0v) is 17.3. The third-order valence-electron chi connectivity index (χ3n) is 4.03. The normalized spacial score (nSPS) is 15.2. The van der Waals surface area contributed by atoms with Gasteiger partial charge in [0.05, 0.1) is 25.2 Å². The summed E-state index contributed by atoms with van der Waals surface area (Å²) in [4.78, 5) is 14.2. The molecule has 146 valence electrons. The van der Waals surface area contributed by atoms with E-state index in [-0.39, 0.29) is 5.91 Å². The monoisotopic (exact) mass is 415 g/mol. The summed E-state index contributed by atoms with van der Waals surface area (Å²) in [5.74, 6) is 2.11. The number of nitrogens with zero attached hydrogens (tertiary/aromatic N) is 1. The molecule has 0 saturated carbocycles. The maximum absolute atomic E-state index is 12.1. The number of thiocarbonyl (C=S) groups is 1. The fraction of sp³-hybridized carbons (Fsp3) is 0.238. The lowest BCUT2D eigenvalue weighted by Crippen LogP contribution is -2.22. The third-order valence-corrected chi connectivity index (χ3v) is 5.51. The van der Waals surface area contributed by atoms with Crippen molar-refractivity contribution in [2.75, 3.05) is 27.4 Å². The minimum atomic E-state index is -0.0742. The van der Waals surface area contributed by atoms with Gasteiger partial charge in [-0.15, -0.1) is 0 Å². The topological polar surface area (TPSA) is 48.0 Å². The van der Waals surface area contributed by atoms with Crippen molar-refractivity contribution in [1.29, 1.82) is 0 Å². The van der Waals surface area contributed by atoms with Crippen LogP contribution >= 0.6 is 24.0 Å². The van der Waals surface area contributed by atoms with Crippen LogP contribution in [0, 0.1) is 0 Å². The first-order chi connectivity index (χ1) is 13.6. The van der Waals surface area contributed by atoms with Gasteiger partial charge >= 0.3 is 0 Å². The standard InChI is InChI=1S/C21H21NO4S2/c1-22-20(23)19(28-21(22)27)14-15-7-5-8-16(13-15)25-11-6-12-26-18-10-4-3-9-17(18)24-2/h3-5,7-10,13-14H,6,11-12H2,1-2H3. The van der Waals surface area contributed by atoms with E-state index in [4.69, 9.17) is 26.4 Å². The van der Waals surface area contributed by atoms with Gasteiger partial charge in [0.25, 0.3) is 5.91 Å². The van der Waals surface area contributed by atoms with E-state index in [2.05, 4.69) is 0 Å². The van der Waals surface area contributed by atoms with Crippen LogP contribution in [0.3, 0.4) is 0 Å². The first kappa shape index (κ1) is 20.2. The number of amides is 1. The third kappa shape index (κ3) is 5.05. The number of hydrogen-bond acceptors (Lipinski definition) is 6. The van der Waals surface area contributed by atoms with Crippen LogP contribution < -0.4 is 14.2 Å². The lowest BCUT2D eigenvalue weighted by molar-refractivity contribution is -0.121. The highest BCUT2D eigenvalue weighted by molar-refractivity contribution is 8.26. The molecule has 0 unspecified atom stereocenters. The van der Waals surface area contributed by atoms with E-state index in [1.165, 1.54) is 16.7 Å². The van der Waals surface area contributed by atoms with Crippen LogP contribution in [-0.4, -0.2) is 42.5 Å². The summed E-state index contributed by atoms with van der Waals surface area (Å²) in [5.41, 5.74) is 0.900. The smallest absolute Gasteiger partial charge is 0.265 e. The van der Waals surface area contributed by atoms with Gasteiger partial charge in [0.15, 0.2) is 11.5 Å². The highest BCUT2D eigenvalue weighted by Crippen LogP contribution is 2.31. The largest absolute Gasteiger partial charge is 0.493 e. The molecule has 0 aliphatic carbocycles. The Kier molecular flexibility index (Phi) is 6.95. The van der Waals surface area contributed by atoms with E-state index in [0.717, 1.165) is 23.5 Å². The molecule has 0 atom stereocenters. The Morgan fingerprint density at radius 1 is 1.07 bits per heavy atom. The van der Waals surface area contributed by atoms with E-state index in [0.29, 0.717) is 28.2 Å². The van der Waals surface area contributed by atoms with Gasteiger partial charge in [-0.3, -0.25) is 9.69 Å². The number of hydrogen-bond donors (Lipinski definition) is 0. The number of ether oxygens (including phenoxy) is 3. The Morgan fingerprint density at radius 2 is 1.82 bits per heavy atom. The molecule has 0 N–H and O–H groups in total. The fourth-order valence-corrected chi connectivity index (χ4v) is 3.74. The van der Waals surface area contributed by atoms with E-state index in [9.17, 15) is 4.79 Å². The summed E-state index contributed by atoms with van der Waals surface area (Å²) in [5, 5.41) is 0. The van der Waals surface area contributed by atoms with Crippen molar-refractivity contribution in [3.05, 3.63) is 59.0 Å². The van der Waals surface area contributed by atoms with Crippen LogP contribution in [0.4, 0.5) is 0 Å². The van der Waals surface area contributed by atoms with Crippen LogP contribution in [0.5, 0.6) is 17.2 Å². The van der Waals surface area contributed by atoms with Gasteiger partial charge in [0.1, 0.15) is 10.1 Å². The van der Waals surface area contributed by atoms with Gasteiger partial charge in [-0.2, -0.15) is 0 Å². The molecule has 1 aliphatic rings. The van der Waals surface area contributed by atoms with E-state index >= 15 is 0 Å². The minimum Gasteiger partial charge on any atom is -0.493 e. The van der Waals surface area contributed by atoms with Crippen molar-refractivity contribution >= 4 is 40.3 Å². The number of thioether (sulfide) groups is 1. The van der Waals surface area contributed by atoms with Gasteiger partial charge in [0, 0.05) is 13.5 Å². The predicted molar refractivity (Wildman–Crippen MR) is 116 cm³/mol. The molecule has 1 heterocycles. The molecule has 3 rings (SSSR count). The van der Waals surface area contributed by atoms with Crippen molar-refractivity contribution in [3.63, 3.8) is 0 Å². The molecule has 1 aliphatic heterocycles. The first-order valence-electron chi connectivity index (χ1n) is 8.78. The molecule has 7 heteroatoms. The molecule has 2 aromatic carbocycles. The second-order valence-electron chi connectivity index (χ2n) is 6.01. The predicted octanol–water partition coefficient (Wildman–Crippen LogP) is 4.37. The molecule has 0 radical (unpaired) electrons. The van der Waals surface area contributed by atoms with Crippen molar-refractivity contribution in [1.82, 2.24) is 4.90 Å². The number of rotatable bonds is 8. The van der Waals surface area contributed by atoms with Crippen molar-refractivity contribution in [2.45, 2.75) is 6.42 Å². The molecule has 0 bridgehead atoms. The molecule has 0 spiro atoms. The van der Waals surface area contributed by atoms with Crippen LogP contribution in [0.25, 0.3) is 6.08 Å². The summed E-state index contributed by atoms with van der Waals surface area (Å²) in [6, 6.07) is 15.2. The lowest BCUT2D eigenvalue weighted by Gasteiger charge is -2.11. The van der Waals surface area contributed by atoms with E-state index < -0.39 is 0 Å². The number of carbonyl (C=O) groups excluding carboxylic acids is 1. The molecule has 0 aromatic heterocycles. The summed E-state index contributed by atoms with van der Waals surface area (Å²) >= 11 is 6.46. The lowest BCUT2D eigenvalue weighted by atomic mass is 10.2. The molecule has 5 nitrogen and oxygen atoms in total. The average Bonchev–Trinajstić information content (AvgIpc) is 2.95. The number of methoxy groups -OCH3 is 1. The molecule has 2 aromatic rings. The first-order valence-corrected chi connectivity index (χ1v) is 10.0. The Labute approximate surface area is 174 Å². The number of para-hydroxylation sites is 2. The van der Waals surface area contributed by atoms with Gasteiger partial charge in [-0.1, -0.05) is 48.2 Å². The summed E-state index contributed by atoms with van der Waals surface area (Å²) in [6.45, 7) is 1.05. The van der Waals surface area contributed by atoms with Crippen molar-refractivity contribution < 1.29 is 19.0 Å². The summed E-state index contributed by atoms with van der Waals surface area (Å²) < 4.78 is 17.4. The SMILES string of the molecule is COc1ccccc1OCCCOc1cccc(C=C2SC(=S)N(C)C2=O)c1. The minimum absolute atomic E-state index is 0.0742. The second kappa shape index (κ2) is 9.61. The summed E-state index contributed by atoms with van der Waals surface area (Å²) in [7, 11) is 3.31. The van der Waals surface area contributed by atoms with Gasteiger partial charge in [0.2, 0.25) is 0 Å². The quantitative estimate of drug-likeness (QED) is 0.362. The molecular weight excluding hydrogens is 394 g/mol. The van der Waals surface area contributed by atoms with Gasteiger partial charge in [-0.05, 0) is 35.9 Å². The Bertz CT molecular complexity index is 897. The fourth-order valence-electron chi connectivity index (χ4n) is 2.56. The molecule has 1 amide bonds. The maximum atomic E-state index is 12.1. The zero-order chi connectivity index (χ0) is 19.9. The Hall–Kier alpha value is -2.51. The number of benzene rings is 2. The van der Waals surface area contributed by atoms with Crippen LogP contribution in [0.2, 0.25) is 0 Å². The van der Waals surface area contributed by atoms with Crippen molar-refractivity contribution in [3.8, 4) is 17.2 Å². The van der Waals surface area contributed by atoms with Crippen LogP contribution in [0.15, 0.2) is 53.4 Å². The van der Waals surface area contributed by atoms with E-state index in [1.807, 2.05) is 54.6 Å². The molecular formula is C21H21NO4S2. The Balaban J connectivity index is 1.50. The number of carbonyl (C=O) groups is 1. The van der Waals surface area contributed by atoms with E-state index in [1.54, 1.807) is 14.2 Å². The van der Waals surface area contributed by atoms with Crippen molar-refractivity contribution in [2.24, 2.45) is 0 Å². The Morgan fingerprint density at radius 3 is 2.54 bits per heavy atom. The summed E-state index contributed by atoms with van der Waals surface area (Å²) in [6.07, 6.45) is 2.57. The van der Waals surface area contributed by atoms with Crippen LogP contribution in [-0.2, 0) is 4.79 Å². The maximum Gasteiger partial charge on any atom is 0.265 e. The van der Waals surface area contributed by atoms with Crippen LogP contribution in [0.1, 0.15) is 12.0 Å². The number of likely N-dealkylation sites (N-methyl/N-ethyl adjacent to an activating group) is 1. The molecule has 1 fully saturated rings. The molecule has 1 saturated heterocycles.